The van der Waals surface area contributed by atoms with Crippen molar-refractivity contribution >= 4 is 5.69 Å². The molecule has 6 heteroatoms. The van der Waals surface area contributed by atoms with Crippen molar-refractivity contribution in [2.75, 3.05) is 19.7 Å². The van der Waals surface area contributed by atoms with Crippen molar-refractivity contribution in [3.05, 3.63) is 33.6 Å². The fourth-order valence-electron chi connectivity index (χ4n) is 1.97. The van der Waals surface area contributed by atoms with Gasteiger partial charge in [-0.2, -0.15) is 0 Å². The first-order valence-corrected chi connectivity index (χ1v) is 5.86. The van der Waals surface area contributed by atoms with Crippen LogP contribution in [0.4, 0.5) is 10.1 Å². The highest BCUT2D eigenvalue weighted by molar-refractivity contribution is 5.48. The molecule has 0 spiro atoms. The Hall–Kier alpha value is -1.69. The van der Waals surface area contributed by atoms with Gasteiger partial charge in [0.1, 0.15) is 5.82 Å². The molecule has 1 saturated heterocycles. The van der Waals surface area contributed by atoms with Gasteiger partial charge in [0.25, 0.3) is 0 Å². The molecule has 0 aromatic heterocycles. The molecule has 1 aromatic rings. The van der Waals surface area contributed by atoms with Crippen molar-refractivity contribution in [3.63, 3.8) is 0 Å². The molecule has 0 amide bonds. The van der Waals surface area contributed by atoms with E-state index in [0.29, 0.717) is 18.1 Å². The average molecular weight is 254 g/mol. The highest BCUT2D eigenvalue weighted by Crippen LogP contribution is 2.30. The number of nitro benzene ring substituents is 1. The standard InChI is InChI=1S/C12H15FN2O3/c1-8-4-12(11(15(16)17)5-10(8)13)18-7-9-2-3-14-6-9/h4-5,9,14H,2-3,6-7H2,1H3. The Morgan fingerprint density at radius 1 is 1.61 bits per heavy atom. The fourth-order valence-corrected chi connectivity index (χ4v) is 1.97. The van der Waals surface area contributed by atoms with Crippen LogP contribution in [0.3, 0.4) is 0 Å². The Kier molecular flexibility index (Phi) is 3.76. The number of aryl methyl sites for hydroxylation is 1. The summed E-state index contributed by atoms with van der Waals surface area (Å²) in [7, 11) is 0. The van der Waals surface area contributed by atoms with Crippen LogP contribution in [0.15, 0.2) is 12.1 Å². The minimum absolute atomic E-state index is 0.144. The summed E-state index contributed by atoms with van der Waals surface area (Å²) in [5, 5.41) is 14.0. The molecule has 1 unspecified atom stereocenters. The van der Waals surface area contributed by atoms with E-state index in [-0.39, 0.29) is 11.4 Å². The lowest BCUT2D eigenvalue weighted by Crippen LogP contribution is -2.16. The van der Waals surface area contributed by atoms with Crippen LogP contribution in [0.25, 0.3) is 0 Å². The molecule has 0 aliphatic carbocycles. The van der Waals surface area contributed by atoms with E-state index in [1.165, 1.54) is 6.07 Å². The Bertz CT molecular complexity index is 459. The van der Waals surface area contributed by atoms with Crippen molar-refractivity contribution in [1.29, 1.82) is 0 Å². The highest BCUT2D eigenvalue weighted by atomic mass is 19.1. The van der Waals surface area contributed by atoms with Crippen LogP contribution in [0, 0.1) is 28.8 Å². The fraction of sp³-hybridized carbons (Fsp3) is 0.500. The number of nitrogens with zero attached hydrogens (tertiary/aromatic N) is 1. The summed E-state index contributed by atoms with van der Waals surface area (Å²) in [5.41, 5.74) is 0.0317. The predicted molar refractivity (Wildman–Crippen MR) is 64.3 cm³/mol. The van der Waals surface area contributed by atoms with Crippen LogP contribution < -0.4 is 10.1 Å². The van der Waals surface area contributed by atoms with Gasteiger partial charge in [-0.1, -0.05) is 0 Å². The van der Waals surface area contributed by atoms with Gasteiger partial charge in [-0.3, -0.25) is 10.1 Å². The molecule has 0 saturated carbocycles. The second kappa shape index (κ2) is 5.30. The summed E-state index contributed by atoms with van der Waals surface area (Å²) < 4.78 is 18.8. The molecule has 0 radical (unpaired) electrons. The summed E-state index contributed by atoms with van der Waals surface area (Å²) in [5.74, 6) is -0.0858. The van der Waals surface area contributed by atoms with E-state index in [2.05, 4.69) is 5.32 Å². The molecule has 1 aliphatic rings. The highest BCUT2D eigenvalue weighted by Gasteiger charge is 2.21. The van der Waals surface area contributed by atoms with Crippen LogP contribution in [0.2, 0.25) is 0 Å². The lowest BCUT2D eigenvalue weighted by atomic mass is 10.1. The SMILES string of the molecule is Cc1cc(OCC2CCNC2)c([N+](=O)[O-])cc1F. The van der Waals surface area contributed by atoms with E-state index in [9.17, 15) is 14.5 Å². The van der Waals surface area contributed by atoms with E-state index in [1.54, 1.807) is 6.92 Å². The molecular formula is C12H15FN2O3. The van der Waals surface area contributed by atoms with Gasteiger partial charge in [0.2, 0.25) is 0 Å². The van der Waals surface area contributed by atoms with Crippen LogP contribution in [-0.4, -0.2) is 24.6 Å². The number of ether oxygens (including phenoxy) is 1. The summed E-state index contributed by atoms with van der Waals surface area (Å²) in [6.07, 6.45) is 0.994. The number of benzene rings is 1. The van der Waals surface area contributed by atoms with E-state index in [0.717, 1.165) is 25.6 Å². The van der Waals surface area contributed by atoms with Crippen molar-refractivity contribution in [2.45, 2.75) is 13.3 Å². The largest absolute Gasteiger partial charge is 0.486 e. The molecule has 1 heterocycles. The first-order chi connectivity index (χ1) is 8.58. The lowest BCUT2D eigenvalue weighted by molar-refractivity contribution is -0.386. The molecule has 1 fully saturated rings. The Morgan fingerprint density at radius 2 is 2.39 bits per heavy atom. The van der Waals surface area contributed by atoms with Crippen molar-refractivity contribution < 1.29 is 14.1 Å². The molecule has 18 heavy (non-hydrogen) atoms. The topological polar surface area (TPSA) is 64.4 Å². The number of rotatable bonds is 4. The van der Waals surface area contributed by atoms with Gasteiger partial charge in [0.05, 0.1) is 17.6 Å². The van der Waals surface area contributed by atoms with E-state index in [1.807, 2.05) is 0 Å². The molecule has 1 aliphatic heterocycles. The van der Waals surface area contributed by atoms with E-state index in [4.69, 9.17) is 4.74 Å². The second-order valence-electron chi connectivity index (χ2n) is 4.50. The number of halogens is 1. The van der Waals surface area contributed by atoms with Gasteiger partial charge >= 0.3 is 5.69 Å². The molecule has 1 atom stereocenters. The number of hydrogen-bond acceptors (Lipinski definition) is 4. The van der Waals surface area contributed by atoms with Crippen LogP contribution in [-0.2, 0) is 0 Å². The van der Waals surface area contributed by atoms with Gasteiger partial charge in [-0.15, -0.1) is 0 Å². The molecule has 1 aromatic carbocycles. The molecular weight excluding hydrogens is 239 g/mol. The first-order valence-electron chi connectivity index (χ1n) is 5.86. The zero-order valence-electron chi connectivity index (χ0n) is 10.1. The van der Waals surface area contributed by atoms with Gasteiger partial charge in [0, 0.05) is 12.5 Å². The molecule has 5 nitrogen and oxygen atoms in total. The van der Waals surface area contributed by atoms with E-state index >= 15 is 0 Å². The Labute approximate surface area is 104 Å². The summed E-state index contributed by atoms with van der Waals surface area (Å²) in [6, 6.07) is 2.30. The van der Waals surface area contributed by atoms with Crippen molar-refractivity contribution in [1.82, 2.24) is 5.32 Å². The maximum Gasteiger partial charge on any atom is 0.313 e. The van der Waals surface area contributed by atoms with Gasteiger partial charge in [-0.05, 0) is 31.5 Å². The average Bonchev–Trinajstić information content (AvgIpc) is 2.83. The van der Waals surface area contributed by atoms with Gasteiger partial charge < -0.3 is 10.1 Å². The van der Waals surface area contributed by atoms with Crippen molar-refractivity contribution in [3.8, 4) is 5.75 Å². The lowest BCUT2D eigenvalue weighted by Gasteiger charge is -2.11. The predicted octanol–water partition coefficient (Wildman–Crippen LogP) is 2.03. The summed E-state index contributed by atoms with van der Waals surface area (Å²) in [6.45, 7) is 3.77. The van der Waals surface area contributed by atoms with E-state index < -0.39 is 10.7 Å². The number of nitro groups is 1. The maximum atomic E-state index is 13.3. The minimum Gasteiger partial charge on any atom is -0.486 e. The maximum absolute atomic E-state index is 13.3. The summed E-state index contributed by atoms with van der Waals surface area (Å²) >= 11 is 0. The minimum atomic E-state index is -0.620. The normalized spacial score (nSPS) is 18.9. The smallest absolute Gasteiger partial charge is 0.313 e. The Balaban J connectivity index is 2.14. The third-order valence-corrected chi connectivity index (χ3v) is 3.07. The van der Waals surface area contributed by atoms with Gasteiger partial charge in [-0.25, -0.2) is 4.39 Å². The third kappa shape index (κ3) is 2.76. The zero-order valence-corrected chi connectivity index (χ0v) is 10.1. The van der Waals surface area contributed by atoms with Gasteiger partial charge in [0.15, 0.2) is 5.75 Å². The van der Waals surface area contributed by atoms with Crippen molar-refractivity contribution in [2.24, 2.45) is 5.92 Å². The molecule has 2 rings (SSSR count). The van der Waals surface area contributed by atoms with Crippen LogP contribution in [0.1, 0.15) is 12.0 Å². The third-order valence-electron chi connectivity index (χ3n) is 3.07. The number of nitrogens with one attached hydrogen (secondary N) is 1. The number of hydrogen-bond donors (Lipinski definition) is 1. The van der Waals surface area contributed by atoms with Crippen LogP contribution in [0.5, 0.6) is 5.75 Å². The Morgan fingerprint density at radius 3 is 3.00 bits per heavy atom. The summed E-state index contributed by atoms with van der Waals surface area (Å²) in [4.78, 5) is 10.2. The second-order valence-corrected chi connectivity index (χ2v) is 4.50. The quantitative estimate of drug-likeness (QED) is 0.659. The molecule has 1 N–H and O–H groups in total. The zero-order chi connectivity index (χ0) is 13.1. The molecule has 0 bridgehead atoms. The van der Waals surface area contributed by atoms with Crippen LogP contribution >= 0.6 is 0 Å². The molecule has 98 valence electrons. The first kappa shape index (κ1) is 12.8. The monoisotopic (exact) mass is 254 g/mol.